The summed E-state index contributed by atoms with van der Waals surface area (Å²) < 4.78 is 88.6. The monoisotopic (exact) mass is 562 g/mol. The number of carbonyl (C=O) groups excluding carboxylic acids is 1. The first-order chi connectivity index (χ1) is 18.2. The minimum absolute atomic E-state index is 0.0254. The summed E-state index contributed by atoms with van der Waals surface area (Å²) in [6, 6.07) is 0.725. The highest BCUT2D eigenvalue weighted by atomic mass is 19.4. The van der Waals surface area contributed by atoms with Crippen molar-refractivity contribution in [3.8, 4) is 0 Å². The van der Waals surface area contributed by atoms with Gasteiger partial charge in [-0.3, -0.25) is 9.69 Å². The van der Waals surface area contributed by atoms with Crippen molar-refractivity contribution in [2.24, 2.45) is 11.3 Å². The van der Waals surface area contributed by atoms with Crippen LogP contribution >= 0.6 is 0 Å². The van der Waals surface area contributed by atoms with Crippen molar-refractivity contribution in [2.45, 2.75) is 89.8 Å². The van der Waals surface area contributed by atoms with Gasteiger partial charge < -0.3 is 19.3 Å². The van der Waals surface area contributed by atoms with Gasteiger partial charge in [-0.1, -0.05) is 13.8 Å². The summed E-state index contributed by atoms with van der Waals surface area (Å²) in [7, 11) is 0. The molecule has 3 heterocycles. The van der Waals surface area contributed by atoms with Crippen LogP contribution in [-0.2, 0) is 28.9 Å². The van der Waals surface area contributed by atoms with Gasteiger partial charge in [0.05, 0.1) is 29.6 Å². The third kappa shape index (κ3) is 5.01. The van der Waals surface area contributed by atoms with Gasteiger partial charge in [0.15, 0.2) is 0 Å². The predicted octanol–water partition coefficient (Wildman–Crippen LogP) is 4.91. The van der Waals surface area contributed by atoms with Gasteiger partial charge in [0.2, 0.25) is 0 Å². The Hall–Kier alpha value is -2.38. The van der Waals surface area contributed by atoms with Crippen molar-refractivity contribution >= 4 is 16.9 Å². The molecule has 1 unspecified atom stereocenters. The van der Waals surface area contributed by atoms with Crippen molar-refractivity contribution < 1.29 is 41.0 Å². The molecule has 1 aromatic heterocycles. The summed E-state index contributed by atoms with van der Waals surface area (Å²) in [5, 5.41) is 11.8. The van der Waals surface area contributed by atoms with Crippen LogP contribution < -0.4 is 0 Å². The Morgan fingerprint density at radius 1 is 1.13 bits per heavy atom. The molecule has 2 aliphatic heterocycles. The number of imidazole rings is 1. The second kappa shape index (κ2) is 9.91. The van der Waals surface area contributed by atoms with Crippen LogP contribution in [0.4, 0.5) is 26.3 Å². The zero-order valence-electron chi connectivity index (χ0n) is 21.7. The number of alkyl halides is 6. The SMILES string of the molecule is CC(C)[C@]1(C(O)N2Cc3cc(C(F)(F)F)cc4ncn(c34)C2)CC[C@@H](N(C(=O)C(F)(F)F)C2CCOCC2)C1. The summed E-state index contributed by atoms with van der Waals surface area (Å²) in [6.07, 6.45) is -7.92. The number of amides is 1. The summed E-state index contributed by atoms with van der Waals surface area (Å²) in [5.41, 5.74) is -0.559. The second-order valence-electron chi connectivity index (χ2n) is 11.3. The molecule has 7 nitrogen and oxygen atoms in total. The van der Waals surface area contributed by atoms with E-state index in [2.05, 4.69) is 4.98 Å². The standard InChI is InChI=1S/C26H32F6N4O3/c1-15(2)24(6-3-19(11-24)36(23(38)26(30,31)32)18-4-7-39-8-5-18)22(37)34-12-16-9-17(25(27,28)29)10-20-21(16)35(14-34)13-33-20/h9-10,13,15,18-19,22,37H,3-8,11-12,14H2,1-2H3/t19-,22?,24+/m1/s1. The van der Waals surface area contributed by atoms with Crippen LogP contribution in [0.3, 0.4) is 0 Å². The molecule has 2 aromatic rings. The summed E-state index contributed by atoms with van der Waals surface area (Å²) in [6.45, 7) is 4.49. The third-order valence-electron chi connectivity index (χ3n) is 8.85. The quantitative estimate of drug-likeness (QED) is 0.525. The van der Waals surface area contributed by atoms with Gasteiger partial charge in [0.1, 0.15) is 6.23 Å². The smallest absolute Gasteiger partial charge is 0.381 e. The molecule has 1 N–H and O–H groups in total. The van der Waals surface area contributed by atoms with Crippen LogP contribution in [0.1, 0.15) is 57.1 Å². The summed E-state index contributed by atoms with van der Waals surface area (Å²) in [5.74, 6) is -2.05. The van der Waals surface area contributed by atoms with Crippen molar-refractivity contribution in [2.75, 3.05) is 13.2 Å². The lowest BCUT2D eigenvalue weighted by Gasteiger charge is -2.46. The molecule has 0 bridgehead atoms. The largest absolute Gasteiger partial charge is 0.471 e. The van der Waals surface area contributed by atoms with Crippen molar-refractivity contribution in [3.05, 3.63) is 29.6 Å². The van der Waals surface area contributed by atoms with E-state index in [4.69, 9.17) is 4.74 Å². The van der Waals surface area contributed by atoms with Crippen LogP contribution in [0, 0.1) is 11.3 Å². The average molecular weight is 563 g/mol. The molecule has 1 aliphatic carbocycles. The Labute approximate surface area is 221 Å². The van der Waals surface area contributed by atoms with Gasteiger partial charge in [-0.15, -0.1) is 0 Å². The van der Waals surface area contributed by atoms with E-state index in [1.807, 2.05) is 13.8 Å². The molecule has 1 aromatic carbocycles. The number of hydrogen-bond donors (Lipinski definition) is 1. The first-order valence-corrected chi connectivity index (χ1v) is 13.2. The highest BCUT2D eigenvalue weighted by Crippen LogP contribution is 2.51. The summed E-state index contributed by atoms with van der Waals surface area (Å²) in [4.78, 5) is 19.4. The lowest BCUT2D eigenvalue weighted by molar-refractivity contribution is -0.193. The van der Waals surface area contributed by atoms with Gasteiger partial charge in [-0.05, 0) is 55.7 Å². The Morgan fingerprint density at radius 3 is 2.44 bits per heavy atom. The predicted molar refractivity (Wildman–Crippen MR) is 128 cm³/mol. The van der Waals surface area contributed by atoms with E-state index >= 15 is 0 Å². The molecule has 1 amide bonds. The molecule has 39 heavy (non-hydrogen) atoms. The van der Waals surface area contributed by atoms with Crippen molar-refractivity contribution in [3.63, 3.8) is 0 Å². The number of aliphatic hydroxyl groups is 1. The van der Waals surface area contributed by atoms with Crippen LogP contribution in [-0.4, -0.2) is 68.1 Å². The molecule has 1 saturated heterocycles. The van der Waals surface area contributed by atoms with E-state index < -0.39 is 47.5 Å². The highest BCUT2D eigenvalue weighted by Gasteiger charge is 2.55. The fourth-order valence-electron chi connectivity index (χ4n) is 6.79. The number of rotatable bonds is 5. The maximum absolute atomic E-state index is 13.7. The van der Waals surface area contributed by atoms with Crippen LogP contribution in [0.25, 0.3) is 11.0 Å². The number of aromatic nitrogens is 2. The molecule has 3 atom stereocenters. The van der Waals surface area contributed by atoms with Crippen LogP contribution in [0.15, 0.2) is 18.5 Å². The highest BCUT2D eigenvalue weighted by molar-refractivity contribution is 5.82. The van der Waals surface area contributed by atoms with E-state index in [1.165, 1.54) is 6.33 Å². The number of carbonyl (C=O) groups is 1. The molecule has 3 aliphatic rings. The maximum atomic E-state index is 13.7. The van der Waals surface area contributed by atoms with Crippen LogP contribution in [0.2, 0.25) is 0 Å². The van der Waals surface area contributed by atoms with Gasteiger partial charge in [0.25, 0.3) is 0 Å². The van der Waals surface area contributed by atoms with Gasteiger partial charge >= 0.3 is 18.3 Å². The fourth-order valence-corrected chi connectivity index (χ4v) is 6.79. The number of halogens is 6. The molecule has 5 rings (SSSR count). The van der Waals surface area contributed by atoms with E-state index in [0.717, 1.165) is 17.0 Å². The lowest BCUT2D eigenvalue weighted by Crippen LogP contribution is -2.55. The van der Waals surface area contributed by atoms with Gasteiger partial charge in [-0.2, -0.15) is 26.3 Å². The molecule has 0 spiro atoms. The molecule has 0 radical (unpaired) electrons. The molecule has 216 valence electrons. The van der Waals surface area contributed by atoms with Crippen molar-refractivity contribution in [1.82, 2.24) is 19.4 Å². The molecule has 13 heteroatoms. The zero-order valence-corrected chi connectivity index (χ0v) is 21.7. The topological polar surface area (TPSA) is 70.8 Å². The fraction of sp³-hybridized carbons (Fsp3) is 0.692. The number of hydrogen-bond acceptors (Lipinski definition) is 5. The molecule has 1 saturated carbocycles. The number of ether oxygens (including phenoxy) is 1. The number of nitrogens with zero attached hydrogens (tertiary/aromatic N) is 4. The normalized spacial score (nSPS) is 25.9. The van der Waals surface area contributed by atoms with Crippen LogP contribution in [0.5, 0.6) is 0 Å². The Bertz CT molecular complexity index is 1220. The lowest BCUT2D eigenvalue weighted by atomic mass is 9.73. The Kier molecular flexibility index (Phi) is 7.16. The van der Waals surface area contributed by atoms with E-state index in [9.17, 15) is 36.2 Å². The van der Waals surface area contributed by atoms with E-state index in [1.54, 1.807) is 9.47 Å². The third-order valence-corrected chi connectivity index (χ3v) is 8.85. The average Bonchev–Trinajstić information content (AvgIpc) is 3.50. The summed E-state index contributed by atoms with van der Waals surface area (Å²) >= 11 is 0. The number of benzene rings is 1. The molecular formula is C26H32F6N4O3. The first kappa shape index (κ1) is 28.2. The Balaban J connectivity index is 1.44. The van der Waals surface area contributed by atoms with Crippen molar-refractivity contribution in [1.29, 1.82) is 0 Å². The second-order valence-corrected chi connectivity index (χ2v) is 11.3. The van der Waals surface area contributed by atoms with E-state index in [-0.39, 0.29) is 50.7 Å². The van der Waals surface area contributed by atoms with E-state index in [0.29, 0.717) is 30.3 Å². The zero-order chi connectivity index (χ0) is 28.3. The van der Waals surface area contributed by atoms with Gasteiger partial charge in [-0.25, -0.2) is 4.98 Å². The molecular weight excluding hydrogens is 530 g/mol. The maximum Gasteiger partial charge on any atom is 0.471 e. The Morgan fingerprint density at radius 2 is 1.82 bits per heavy atom. The molecule has 2 fully saturated rings. The minimum Gasteiger partial charge on any atom is -0.381 e. The number of aliphatic hydroxyl groups excluding tert-OH is 1. The van der Waals surface area contributed by atoms with Gasteiger partial charge in [0, 0.05) is 37.3 Å². The first-order valence-electron chi connectivity index (χ1n) is 13.2. The minimum atomic E-state index is -5.03.